The zero-order chi connectivity index (χ0) is 15.4. The van der Waals surface area contributed by atoms with Gasteiger partial charge in [-0.05, 0) is 12.8 Å². The first-order valence-corrected chi connectivity index (χ1v) is 8.59. The van der Waals surface area contributed by atoms with E-state index in [4.69, 9.17) is 5.73 Å². The second kappa shape index (κ2) is 6.95. The number of hydrogen-bond acceptors (Lipinski definition) is 5. The average Bonchev–Trinajstić information content (AvgIpc) is 3.26. The van der Waals surface area contributed by atoms with Crippen LogP contribution in [0.1, 0.15) is 12.8 Å². The van der Waals surface area contributed by atoms with Gasteiger partial charge in [-0.25, -0.2) is 4.98 Å². The summed E-state index contributed by atoms with van der Waals surface area (Å²) in [6, 6.07) is 0. The first kappa shape index (κ1) is 15.1. The van der Waals surface area contributed by atoms with Crippen molar-refractivity contribution in [3.05, 3.63) is 11.6 Å². The van der Waals surface area contributed by atoms with E-state index in [-0.39, 0.29) is 11.8 Å². The van der Waals surface area contributed by atoms with Crippen LogP contribution in [0.2, 0.25) is 0 Å². The number of anilines is 1. The van der Waals surface area contributed by atoms with Gasteiger partial charge in [0.15, 0.2) is 11.1 Å². The lowest BCUT2D eigenvalue weighted by Crippen LogP contribution is -2.51. The van der Waals surface area contributed by atoms with Gasteiger partial charge in [-0.1, -0.05) is 0 Å². The molecule has 0 atom stereocenters. The third kappa shape index (κ3) is 3.88. The molecule has 1 amide bonds. The summed E-state index contributed by atoms with van der Waals surface area (Å²) in [6.45, 7) is 4.61. The van der Waals surface area contributed by atoms with E-state index in [9.17, 15) is 4.79 Å². The van der Waals surface area contributed by atoms with Gasteiger partial charge in [-0.15, -0.1) is 11.3 Å². The molecule has 2 fully saturated rings. The highest BCUT2D eigenvalue weighted by atomic mass is 32.1. The van der Waals surface area contributed by atoms with Gasteiger partial charge in [0.05, 0.1) is 6.54 Å². The predicted octanol–water partition coefficient (Wildman–Crippen LogP) is 0.106. The molecular formula is C14H22N6OS. The van der Waals surface area contributed by atoms with Gasteiger partial charge in [-0.3, -0.25) is 9.79 Å². The van der Waals surface area contributed by atoms with Crippen molar-refractivity contribution in [2.24, 2.45) is 16.6 Å². The number of rotatable bonds is 5. The maximum absolute atomic E-state index is 11.5. The number of guanidine groups is 1. The molecule has 0 spiro atoms. The third-order valence-electron chi connectivity index (χ3n) is 3.93. The molecule has 0 radical (unpaired) electrons. The highest BCUT2D eigenvalue weighted by Gasteiger charge is 2.29. The minimum Gasteiger partial charge on any atom is -0.370 e. The number of aromatic nitrogens is 1. The Bertz CT molecular complexity index is 519. The predicted molar refractivity (Wildman–Crippen MR) is 88.1 cm³/mol. The summed E-state index contributed by atoms with van der Waals surface area (Å²) in [6.07, 6.45) is 3.89. The molecule has 8 heteroatoms. The van der Waals surface area contributed by atoms with Crippen LogP contribution in [0, 0.1) is 5.92 Å². The number of hydrogen-bond donors (Lipinski definition) is 2. The van der Waals surface area contributed by atoms with Crippen LogP contribution in [0.4, 0.5) is 5.13 Å². The Kier molecular flexibility index (Phi) is 4.77. The van der Waals surface area contributed by atoms with Crippen molar-refractivity contribution >= 4 is 28.3 Å². The van der Waals surface area contributed by atoms with Crippen molar-refractivity contribution in [3.63, 3.8) is 0 Å². The second-order valence-corrected chi connectivity index (χ2v) is 6.47. The Labute approximate surface area is 134 Å². The minimum atomic E-state index is 0.158. The van der Waals surface area contributed by atoms with Gasteiger partial charge in [0.2, 0.25) is 5.91 Å². The zero-order valence-corrected chi connectivity index (χ0v) is 13.4. The van der Waals surface area contributed by atoms with Crippen LogP contribution in [0.15, 0.2) is 16.6 Å². The number of nitrogens with one attached hydrogen (secondary N) is 1. The minimum absolute atomic E-state index is 0.158. The molecule has 1 aliphatic carbocycles. The summed E-state index contributed by atoms with van der Waals surface area (Å²) in [5, 5.41) is 5.95. The molecule has 1 aromatic rings. The molecule has 1 saturated carbocycles. The molecule has 1 aliphatic heterocycles. The highest BCUT2D eigenvalue weighted by Crippen LogP contribution is 2.28. The van der Waals surface area contributed by atoms with Crippen LogP contribution in [-0.4, -0.2) is 61.0 Å². The van der Waals surface area contributed by atoms with Crippen molar-refractivity contribution < 1.29 is 4.79 Å². The molecule has 0 unspecified atom stereocenters. The van der Waals surface area contributed by atoms with Gasteiger partial charge < -0.3 is 20.9 Å². The van der Waals surface area contributed by atoms with E-state index in [0.717, 1.165) is 44.2 Å². The summed E-state index contributed by atoms with van der Waals surface area (Å²) in [5.41, 5.74) is 6.03. The van der Waals surface area contributed by atoms with E-state index in [0.29, 0.717) is 19.0 Å². The van der Waals surface area contributed by atoms with Gasteiger partial charge in [0.1, 0.15) is 0 Å². The molecule has 22 heavy (non-hydrogen) atoms. The lowest BCUT2D eigenvalue weighted by molar-refractivity contribution is -0.122. The van der Waals surface area contributed by atoms with Crippen molar-refractivity contribution in [2.75, 3.05) is 44.2 Å². The standard InChI is InChI=1S/C14H22N6OS/c15-13(17-4-3-16-12(21)11-1-2-11)19-6-8-20(9-7-19)14-18-5-10-22-14/h5,10-11H,1-4,6-9H2,(H2,15,17)(H,16,21). The van der Waals surface area contributed by atoms with Crippen LogP contribution in [0.25, 0.3) is 0 Å². The molecule has 1 saturated heterocycles. The summed E-state index contributed by atoms with van der Waals surface area (Å²) < 4.78 is 0. The Morgan fingerprint density at radius 1 is 1.41 bits per heavy atom. The highest BCUT2D eigenvalue weighted by molar-refractivity contribution is 7.13. The van der Waals surface area contributed by atoms with Crippen molar-refractivity contribution in [1.29, 1.82) is 0 Å². The Morgan fingerprint density at radius 2 is 2.18 bits per heavy atom. The molecule has 2 aliphatic rings. The quantitative estimate of drug-likeness (QED) is 0.456. The Hall–Kier alpha value is -1.83. The van der Waals surface area contributed by atoms with E-state index < -0.39 is 0 Å². The first-order chi connectivity index (χ1) is 10.7. The van der Waals surface area contributed by atoms with Crippen molar-refractivity contribution in [3.8, 4) is 0 Å². The molecule has 2 heterocycles. The van der Waals surface area contributed by atoms with E-state index in [1.54, 1.807) is 11.3 Å². The molecular weight excluding hydrogens is 300 g/mol. The molecule has 7 nitrogen and oxygen atoms in total. The largest absolute Gasteiger partial charge is 0.370 e. The van der Waals surface area contributed by atoms with Gasteiger partial charge in [0, 0.05) is 50.2 Å². The number of amides is 1. The SMILES string of the molecule is NC(=NCCNC(=O)C1CC1)N1CCN(c2nccs2)CC1. The van der Waals surface area contributed by atoms with Crippen LogP contribution in [0.5, 0.6) is 0 Å². The number of thiazole rings is 1. The molecule has 1 aromatic heterocycles. The lowest BCUT2D eigenvalue weighted by Gasteiger charge is -2.35. The summed E-state index contributed by atoms with van der Waals surface area (Å²) in [4.78, 5) is 24.5. The normalized spacial score (nSPS) is 19.4. The van der Waals surface area contributed by atoms with Crippen LogP contribution in [0.3, 0.4) is 0 Å². The second-order valence-electron chi connectivity index (χ2n) is 5.59. The van der Waals surface area contributed by atoms with Crippen molar-refractivity contribution in [2.45, 2.75) is 12.8 Å². The summed E-state index contributed by atoms with van der Waals surface area (Å²) in [7, 11) is 0. The van der Waals surface area contributed by atoms with Crippen LogP contribution >= 0.6 is 11.3 Å². The van der Waals surface area contributed by atoms with Crippen LogP contribution < -0.4 is 16.0 Å². The van der Waals surface area contributed by atoms with Gasteiger partial charge >= 0.3 is 0 Å². The fraction of sp³-hybridized carbons (Fsp3) is 0.643. The number of carbonyl (C=O) groups is 1. The number of nitrogens with two attached hydrogens (primary N) is 1. The average molecular weight is 322 g/mol. The van der Waals surface area contributed by atoms with E-state index >= 15 is 0 Å². The lowest BCUT2D eigenvalue weighted by atomic mass is 10.3. The van der Waals surface area contributed by atoms with E-state index in [1.165, 1.54) is 0 Å². The Morgan fingerprint density at radius 3 is 2.82 bits per heavy atom. The maximum Gasteiger partial charge on any atom is 0.223 e. The van der Waals surface area contributed by atoms with Gasteiger partial charge in [0.25, 0.3) is 0 Å². The number of piperazine rings is 1. The Balaban J connectivity index is 1.38. The van der Waals surface area contributed by atoms with E-state index in [2.05, 4.69) is 25.1 Å². The number of carbonyl (C=O) groups excluding carboxylic acids is 1. The molecule has 0 bridgehead atoms. The number of aliphatic imine (C=N–C) groups is 1. The molecule has 3 N–H and O–H groups in total. The summed E-state index contributed by atoms with van der Waals surface area (Å²) >= 11 is 1.66. The monoisotopic (exact) mass is 322 g/mol. The van der Waals surface area contributed by atoms with Crippen molar-refractivity contribution in [1.82, 2.24) is 15.2 Å². The zero-order valence-electron chi connectivity index (χ0n) is 12.6. The van der Waals surface area contributed by atoms with E-state index in [1.807, 2.05) is 11.6 Å². The van der Waals surface area contributed by atoms with Gasteiger partial charge in [-0.2, -0.15) is 0 Å². The molecule has 3 rings (SSSR count). The smallest absolute Gasteiger partial charge is 0.223 e. The first-order valence-electron chi connectivity index (χ1n) is 7.71. The topological polar surface area (TPSA) is 86.8 Å². The molecule has 120 valence electrons. The van der Waals surface area contributed by atoms with Crippen LogP contribution in [-0.2, 0) is 4.79 Å². The summed E-state index contributed by atoms with van der Waals surface area (Å²) in [5.74, 6) is 0.977. The third-order valence-corrected chi connectivity index (χ3v) is 4.76. The fourth-order valence-electron chi connectivity index (χ4n) is 2.44. The maximum atomic E-state index is 11.5. The molecule has 0 aromatic carbocycles. The number of nitrogens with zero attached hydrogens (tertiary/aromatic N) is 4. The fourth-order valence-corrected chi connectivity index (χ4v) is 3.14.